The van der Waals surface area contributed by atoms with E-state index in [1.165, 1.54) is 12.8 Å². The third-order valence-electron chi connectivity index (χ3n) is 4.02. The van der Waals surface area contributed by atoms with E-state index in [9.17, 15) is 0 Å². The predicted octanol–water partition coefficient (Wildman–Crippen LogP) is 0.776. The van der Waals surface area contributed by atoms with E-state index in [4.69, 9.17) is 4.74 Å². The zero-order chi connectivity index (χ0) is 12.4. The number of hydrogen-bond acceptors (Lipinski definition) is 5. The summed E-state index contributed by atoms with van der Waals surface area (Å²) in [5.41, 5.74) is 0. The molecule has 2 aliphatic rings. The predicted molar refractivity (Wildman–Crippen MR) is 69.6 cm³/mol. The molecule has 5 heteroatoms. The number of hydrogen-bond donors (Lipinski definition) is 0. The van der Waals surface area contributed by atoms with E-state index >= 15 is 0 Å². The molecule has 3 rings (SSSR count). The molecule has 2 aliphatic heterocycles. The van der Waals surface area contributed by atoms with Crippen LogP contribution in [0.2, 0.25) is 0 Å². The number of anilines is 1. The second kappa shape index (κ2) is 5.20. The molecule has 2 atom stereocenters. The van der Waals surface area contributed by atoms with E-state index in [0.717, 1.165) is 32.2 Å². The summed E-state index contributed by atoms with van der Waals surface area (Å²) in [5.74, 6) is 0.876. The lowest BCUT2D eigenvalue weighted by atomic mass is 10.2. The van der Waals surface area contributed by atoms with E-state index in [2.05, 4.69) is 19.8 Å². The Kier molecular flexibility index (Phi) is 3.43. The van der Waals surface area contributed by atoms with Gasteiger partial charge in [-0.3, -0.25) is 4.90 Å². The van der Waals surface area contributed by atoms with Crippen LogP contribution in [-0.2, 0) is 4.74 Å². The SMILES string of the molecule is COCCN1[C@H]2CC[C@H]1CN(c1ncccn1)C2. The van der Waals surface area contributed by atoms with Crippen LogP contribution in [0.25, 0.3) is 0 Å². The Labute approximate surface area is 108 Å². The summed E-state index contributed by atoms with van der Waals surface area (Å²) in [5, 5.41) is 0. The summed E-state index contributed by atoms with van der Waals surface area (Å²) >= 11 is 0. The number of methoxy groups -OCH3 is 1. The first-order valence-corrected chi connectivity index (χ1v) is 6.65. The van der Waals surface area contributed by atoms with Gasteiger partial charge in [0.25, 0.3) is 0 Å². The number of nitrogens with zero attached hydrogens (tertiary/aromatic N) is 4. The molecular formula is C13H20N4O. The lowest BCUT2D eigenvalue weighted by Gasteiger charge is -2.40. The number of fused-ring (bicyclic) bond motifs is 2. The quantitative estimate of drug-likeness (QED) is 0.787. The van der Waals surface area contributed by atoms with Crippen molar-refractivity contribution in [3.05, 3.63) is 18.5 Å². The molecule has 0 aliphatic carbocycles. The van der Waals surface area contributed by atoms with Gasteiger partial charge in [0, 0.05) is 51.2 Å². The fourth-order valence-electron chi connectivity index (χ4n) is 3.17. The zero-order valence-corrected chi connectivity index (χ0v) is 10.8. The van der Waals surface area contributed by atoms with E-state index in [-0.39, 0.29) is 0 Å². The number of ether oxygens (including phenoxy) is 1. The first kappa shape index (κ1) is 11.9. The van der Waals surface area contributed by atoms with Crippen LogP contribution >= 0.6 is 0 Å². The molecule has 0 saturated carbocycles. The van der Waals surface area contributed by atoms with Gasteiger partial charge < -0.3 is 9.64 Å². The fraction of sp³-hybridized carbons (Fsp3) is 0.692. The van der Waals surface area contributed by atoms with Gasteiger partial charge in [-0.25, -0.2) is 9.97 Å². The summed E-state index contributed by atoms with van der Waals surface area (Å²) in [7, 11) is 1.77. The minimum Gasteiger partial charge on any atom is -0.383 e. The number of piperazine rings is 1. The molecule has 18 heavy (non-hydrogen) atoms. The molecule has 0 aromatic carbocycles. The van der Waals surface area contributed by atoms with Crippen molar-refractivity contribution >= 4 is 5.95 Å². The van der Waals surface area contributed by atoms with Crippen LogP contribution in [0, 0.1) is 0 Å². The van der Waals surface area contributed by atoms with Gasteiger partial charge in [0.2, 0.25) is 5.95 Å². The van der Waals surface area contributed by atoms with Gasteiger partial charge in [0.05, 0.1) is 6.61 Å². The summed E-state index contributed by atoms with van der Waals surface area (Å²) in [4.78, 5) is 13.6. The van der Waals surface area contributed by atoms with Gasteiger partial charge in [0.1, 0.15) is 0 Å². The Balaban J connectivity index is 1.68. The van der Waals surface area contributed by atoms with Gasteiger partial charge in [0.15, 0.2) is 0 Å². The molecule has 1 aromatic rings. The van der Waals surface area contributed by atoms with Crippen LogP contribution in [0.5, 0.6) is 0 Å². The number of aromatic nitrogens is 2. The van der Waals surface area contributed by atoms with E-state index in [1.807, 2.05) is 18.5 Å². The normalized spacial score (nSPS) is 27.7. The first-order chi connectivity index (χ1) is 8.88. The van der Waals surface area contributed by atoms with E-state index < -0.39 is 0 Å². The molecule has 2 fully saturated rings. The maximum absolute atomic E-state index is 5.20. The summed E-state index contributed by atoms with van der Waals surface area (Å²) in [6.07, 6.45) is 6.22. The second-order valence-electron chi connectivity index (χ2n) is 5.07. The molecule has 5 nitrogen and oxygen atoms in total. The van der Waals surface area contributed by atoms with Gasteiger partial charge in [-0.15, -0.1) is 0 Å². The Morgan fingerprint density at radius 2 is 1.89 bits per heavy atom. The van der Waals surface area contributed by atoms with Gasteiger partial charge in [-0.1, -0.05) is 0 Å². The largest absolute Gasteiger partial charge is 0.383 e. The average molecular weight is 248 g/mol. The highest BCUT2D eigenvalue weighted by Crippen LogP contribution is 2.30. The van der Waals surface area contributed by atoms with Crippen molar-refractivity contribution in [2.75, 3.05) is 38.3 Å². The molecule has 0 radical (unpaired) electrons. The van der Waals surface area contributed by atoms with Crippen LogP contribution in [0.1, 0.15) is 12.8 Å². The van der Waals surface area contributed by atoms with E-state index in [0.29, 0.717) is 12.1 Å². The minimum atomic E-state index is 0.641. The van der Waals surface area contributed by atoms with Crippen LogP contribution in [0.3, 0.4) is 0 Å². The van der Waals surface area contributed by atoms with Crippen molar-refractivity contribution in [3.8, 4) is 0 Å². The van der Waals surface area contributed by atoms with Crippen molar-refractivity contribution in [3.63, 3.8) is 0 Å². The topological polar surface area (TPSA) is 41.5 Å². The molecular weight excluding hydrogens is 228 g/mol. The molecule has 98 valence electrons. The summed E-state index contributed by atoms with van der Waals surface area (Å²) in [6, 6.07) is 3.15. The Bertz CT molecular complexity index is 372. The molecule has 2 bridgehead atoms. The van der Waals surface area contributed by atoms with Crippen molar-refractivity contribution in [2.45, 2.75) is 24.9 Å². The molecule has 2 saturated heterocycles. The van der Waals surface area contributed by atoms with Crippen LogP contribution in [0.15, 0.2) is 18.5 Å². The van der Waals surface area contributed by atoms with Gasteiger partial charge in [-0.2, -0.15) is 0 Å². The van der Waals surface area contributed by atoms with Crippen LogP contribution in [-0.4, -0.2) is 60.3 Å². The van der Waals surface area contributed by atoms with Crippen molar-refractivity contribution in [1.82, 2.24) is 14.9 Å². The van der Waals surface area contributed by atoms with Gasteiger partial charge >= 0.3 is 0 Å². The van der Waals surface area contributed by atoms with Crippen molar-refractivity contribution < 1.29 is 4.74 Å². The number of rotatable bonds is 4. The Morgan fingerprint density at radius 1 is 1.22 bits per heavy atom. The highest BCUT2D eigenvalue weighted by Gasteiger charge is 2.40. The van der Waals surface area contributed by atoms with Crippen molar-refractivity contribution in [1.29, 1.82) is 0 Å². The molecule has 0 unspecified atom stereocenters. The Morgan fingerprint density at radius 3 is 2.50 bits per heavy atom. The zero-order valence-electron chi connectivity index (χ0n) is 10.8. The third kappa shape index (κ3) is 2.20. The molecule has 0 spiro atoms. The monoisotopic (exact) mass is 248 g/mol. The minimum absolute atomic E-state index is 0.641. The summed E-state index contributed by atoms with van der Waals surface area (Å²) in [6.45, 7) is 3.97. The van der Waals surface area contributed by atoms with Gasteiger partial charge in [-0.05, 0) is 18.9 Å². The third-order valence-corrected chi connectivity index (χ3v) is 4.02. The molecule has 1 aromatic heterocycles. The maximum Gasteiger partial charge on any atom is 0.225 e. The fourth-order valence-corrected chi connectivity index (χ4v) is 3.17. The molecule has 3 heterocycles. The average Bonchev–Trinajstić information content (AvgIpc) is 2.66. The lowest BCUT2D eigenvalue weighted by Crippen LogP contribution is -2.54. The van der Waals surface area contributed by atoms with Crippen LogP contribution < -0.4 is 4.90 Å². The second-order valence-corrected chi connectivity index (χ2v) is 5.07. The van der Waals surface area contributed by atoms with Crippen molar-refractivity contribution in [2.24, 2.45) is 0 Å². The molecule has 0 N–H and O–H groups in total. The van der Waals surface area contributed by atoms with E-state index in [1.54, 1.807) is 7.11 Å². The Hall–Kier alpha value is -1.20. The molecule has 0 amide bonds. The van der Waals surface area contributed by atoms with Crippen LogP contribution in [0.4, 0.5) is 5.95 Å². The highest BCUT2D eigenvalue weighted by atomic mass is 16.5. The lowest BCUT2D eigenvalue weighted by molar-refractivity contribution is 0.106. The smallest absolute Gasteiger partial charge is 0.225 e. The first-order valence-electron chi connectivity index (χ1n) is 6.65. The maximum atomic E-state index is 5.20. The summed E-state index contributed by atoms with van der Waals surface area (Å²) < 4.78 is 5.20. The standard InChI is InChI=1S/C13H20N4O/c1-18-8-7-17-11-3-4-12(17)10-16(9-11)13-14-5-2-6-15-13/h2,5-6,11-12H,3-4,7-10H2,1H3/t11-,12-/m0/s1. The highest BCUT2D eigenvalue weighted by molar-refractivity contribution is 5.31.